The average Bonchev–Trinajstić information content (AvgIpc) is 2.81. The number of likely N-dealkylation sites (tertiary alicyclic amines) is 1. The Kier molecular flexibility index (Phi) is 7.72. The van der Waals surface area contributed by atoms with E-state index in [1.165, 1.54) is 12.7 Å². The summed E-state index contributed by atoms with van der Waals surface area (Å²) in [6.07, 6.45) is 3.31. The van der Waals surface area contributed by atoms with Crippen LogP contribution in [0.25, 0.3) is 0 Å². The summed E-state index contributed by atoms with van der Waals surface area (Å²) in [7, 11) is 1.44. The van der Waals surface area contributed by atoms with E-state index in [4.69, 9.17) is 9.47 Å². The number of ether oxygens (including phenoxy) is 2. The number of amides is 1. The summed E-state index contributed by atoms with van der Waals surface area (Å²) >= 11 is 0. The lowest BCUT2D eigenvalue weighted by Crippen LogP contribution is -2.49. The fourth-order valence-electron chi connectivity index (χ4n) is 4.28. The predicted molar refractivity (Wildman–Crippen MR) is 121 cm³/mol. The zero-order valence-corrected chi connectivity index (χ0v) is 18.9. The van der Waals surface area contributed by atoms with Crippen molar-refractivity contribution in [3.05, 3.63) is 65.2 Å². The molecular formula is C26H33NO4. The van der Waals surface area contributed by atoms with Crippen molar-refractivity contribution in [2.75, 3.05) is 26.8 Å². The molecule has 1 amide bonds. The molecule has 0 aromatic heterocycles. The number of carbonyl (C=O) groups is 2. The molecule has 1 fully saturated rings. The highest BCUT2D eigenvalue weighted by Crippen LogP contribution is 2.37. The highest BCUT2D eigenvalue weighted by Gasteiger charge is 2.44. The van der Waals surface area contributed by atoms with E-state index >= 15 is 0 Å². The van der Waals surface area contributed by atoms with E-state index in [1.54, 1.807) is 0 Å². The molecule has 0 unspecified atom stereocenters. The minimum atomic E-state index is -0.660. The van der Waals surface area contributed by atoms with Crippen LogP contribution in [-0.2, 0) is 19.7 Å². The van der Waals surface area contributed by atoms with Gasteiger partial charge in [0.05, 0.1) is 19.1 Å². The molecular weight excluding hydrogens is 390 g/mol. The van der Waals surface area contributed by atoms with Gasteiger partial charge in [-0.05, 0) is 62.3 Å². The van der Waals surface area contributed by atoms with Gasteiger partial charge in [-0.2, -0.15) is 0 Å². The Bertz CT molecular complexity index is 886. The van der Waals surface area contributed by atoms with Gasteiger partial charge in [-0.1, -0.05) is 42.5 Å². The van der Waals surface area contributed by atoms with Crippen molar-refractivity contribution in [3.8, 4) is 5.75 Å². The first-order valence-corrected chi connectivity index (χ1v) is 11.1. The second-order valence-electron chi connectivity index (χ2n) is 8.40. The number of methoxy groups -OCH3 is 1. The van der Waals surface area contributed by atoms with E-state index in [0.29, 0.717) is 39.0 Å². The first kappa shape index (κ1) is 22.9. The summed E-state index contributed by atoms with van der Waals surface area (Å²) in [5.41, 5.74) is 2.62. The van der Waals surface area contributed by atoms with Crippen LogP contribution >= 0.6 is 0 Å². The Labute approximate surface area is 185 Å². The highest BCUT2D eigenvalue weighted by atomic mass is 16.5. The van der Waals surface area contributed by atoms with Crippen LogP contribution < -0.4 is 4.74 Å². The van der Waals surface area contributed by atoms with Crippen LogP contribution in [0.3, 0.4) is 0 Å². The summed E-state index contributed by atoms with van der Waals surface area (Å²) in [4.78, 5) is 27.2. The fraction of sp³-hybridized carbons (Fsp3) is 0.462. The van der Waals surface area contributed by atoms with Gasteiger partial charge in [0.15, 0.2) is 0 Å². The van der Waals surface area contributed by atoms with E-state index in [1.807, 2.05) is 42.2 Å². The van der Waals surface area contributed by atoms with Crippen molar-refractivity contribution in [2.24, 2.45) is 0 Å². The number of rotatable bonds is 8. The maximum atomic E-state index is 12.7. The maximum Gasteiger partial charge on any atom is 0.316 e. The minimum absolute atomic E-state index is 0.151. The zero-order valence-electron chi connectivity index (χ0n) is 18.9. The van der Waals surface area contributed by atoms with E-state index < -0.39 is 5.41 Å². The molecule has 2 aromatic rings. The van der Waals surface area contributed by atoms with Gasteiger partial charge >= 0.3 is 5.97 Å². The van der Waals surface area contributed by atoms with Crippen molar-refractivity contribution in [1.29, 1.82) is 0 Å². The number of hydrogen-bond donors (Lipinski definition) is 0. The predicted octanol–water partition coefficient (Wildman–Crippen LogP) is 4.59. The summed E-state index contributed by atoms with van der Waals surface area (Å²) < 4.78 is 11.0. The smallest absolute Gasteiger partial charge is 0.316 e. The fourth-order valence-corrected chi connectivity index (χ4v) is 4.28. The van der Waals surface area contributed by atoms with Gasteiger partial charge in [-0.25, -0.2) is 0 Å². The normalized spacial score (nSPS) is 15.4. The molecule has 31 heavy (non-hydrogen) atoms. The lowest BCUT2D eigenvalue weighted by atomic mass is 9.72. The lowest BCUT2D eigenvalue weighted by Gasteiger charge is -2.40. The molecule has 0 aliphatic carbocycles. The monoisotopic (exact) mass is 423 g/mol. The molecule has 0 radical (unpaired) electrons. The summed E-state index contributed by atoms with van der Waals surface area (Å²) in [6, 6.07) is 16.0. The van der Waals surface area contributed by atoms with Crippen LogP contribution in [-0.4, -0.2) is 43.6 Å². The van der Waals surface area contributed by atoms with Gasteiger partial charge in [0.25, 0.3) is 0 Å². The lowest BCUT2D eigenvalue weighted by molar-refractivity contribution is -0.151. The molecule has 1 heterocycles. The van der Waals surface area contributed by atoms with E-state index in [0.717, 1.165) is 29.7 Å². The van der Waals surface area contributed by atoms with Crippen LogP contribution in [0.5, 0.6) is 5.75 Å². The maximum absolute atomic E-state index is 12.7. The molecule has 5 nitrogen and oxygen atoms in total. The number of nitrogens with zero attached hydrogens (tertiary/aromatic N) is 1. The third-order valence-corrected chi connectivity index (χ3v) is 6.26. The van der Waals surface area contributed by atoms with Crippen molar-refractivity contribution in [2.45, 2.75) is 51.4 Å². The van der Waals surface area contributed by atoms with Gasteiger partial charge < -0.3 is 14.4 Å². The third kappa shape index (κ3) is 5.46. The molecule has 0 bridgehead atoms. The minimum Gasteiger partial charge on any atom is -0.493 e. The molecule has 0 spiro atoms. The SMILES string of the molecule is COC(=O)C1(c2ccccc2)CCN(C(=O)CCCCOc2cc(C)ccc2C)CC1. The molecule has 0 saturated carbocycles. The van der Waals surface area contributed by atoms with Gasteiger partial charge in [0.2, 0.25) is 5.91 Å². The topological polar surface area (TPSA) is 55.8 Å². The highest BCUT2D eigenvalue weighted by molar-refractivity contribution is 5.84. The summed E-state index contributed by atoms with van der Waals surface area (Å²) in [5, 5.41) is 0. The van der Waals surface area contributed by atoms with Gasteiger partial charge in [-0.3, -0.25) is 9.59 Å². The second-order valence-corrected chi connectivity index (χ2v) is 8.40. The number of esters is 1. The third-order valence-electron chi connectivity index (χ3n) is 6.26. The van der Waals surface area contributed by atoms with Crippen LogP contribution in [0, 0.1) is 13.8 Å². The van der Waals surface area contributed by atoms with Crippen LogP contribution in [0.2, 0.25) is 0 Å². The first-order chi connectivity index (χ1) is 15.0. The summed E-state index contributed by atoms with van der Waals surface area (Å²) in [5.74, 6) is 0.857. The quantitative estimate of drug-likeness (QED) is 0.460. The number of hydrogen-bond acceptors (Lipinski definition) is 4. The van der Waals surface area contributed by atoms with E-state index in [9.17, 15) is 9.59 Å². The van der Waals surface area contributed by atoms with E-state index in [2.05, 4.69) is 25.1 Å². The van der Waals surface area contributed by atoms with Crippen LogP contribution in [0.1, 0.15) is 48.8 Å². The standard InChI is InChI=1S/C26H33NO4/c1-20-12-13-21(2)23(19-20)31-18-8-7-11-24(28)27-16-14-26(15-17-27,25(29)30-3)22-9-5-4-6-10-22/h4-6,9-10,12-13,19H,7-8,11,14-18H2,1-3H3. The van der Waals surface area contributed by atoms with Crippen LogP contribution in [0.4, 0.5) is 0 Å². The zero-order chi connectivity index (χ0) is 22.3. The van der Waals surface area contributed by atoms with Crippen molar-refractivity contribution in [3.63, 3.8) is 0 Å². The Morgan fingerprint density at radius 1 is 1.00 bits per heavy atom. The van der Waals surface area contributed by atoms with Crippen LogP contribution in [0.15, 0.2) is 48.5 Å². The molecule has 1 aliphatic rings. The van der Waals surface area contributed by atoms with Gasteiger partial charge in [0.1, 0.15) is 5.75 Å². The molecule has 1 aliphatic heterocycles. The second kappa shape index (κ2) is 10.5. The first-order valence-electron chi connectivity index (χ1n) is 11.1. The molecule has 1 saturated heterocycles. The Morgan fingerprint density at radius 3 is 2.39 bits per heavy atom. The van der Waals surface area contributed by atoms with Gasteiger partial charge in [0, 0.05) is 19.5 Å². The van der Waals surface area contributed by atoms with Crippen molar-refractivity contribution >= 4 is 11.9 Å². The summed E-state index contributed by atoms with van der Waals surface area (Å²) in [6.45, 7) is 5.84. The average molecular weight is 424 g/mol. The number of aryl methyl sites for hydroxylation is 2. The number of piperidine rings is 1. The molecule has 2 aromatic carbocycles. The largest absolute Gasteiger partial charge is 0.493 e. The Hall–Kier alpha value is -2.82. The molecule has 3 rings (SSSR count). The number of carbonyl (C=O) groups excluding carboxylic acids is 2. The van der Waals surface area contributed by atoms with Crippen molar-refractivity contribution in [1.82, 2.24) is 4.90 Å². The molecule has 0 N–H and O–H groups in total. The number of unbranched alkanes of at least 4 members (excludes halogenated alkanes) is 1. The molecule has 166 valence electrons. The van der Waals surface area contributed by atoms with Gasteiger partial charge in [-0.15, -0.1) is 0 Å². The van der Waals surface area contributed by atoms with E-state index in [-0.39, 0.29) is 11.9 Å². The molecule has 5 heteroatoms. The van der Waals surface area contributed by atoms with Crippen molar-refractivity contribution < 1.29 is 19.1 Å². The number of benzene rings is 2. The molecule has 0 atom stereocenters. The Balaban J connectivity index is 1.46. The Morgan fingerprint density at radius 2 is 1.71 bits per heavy atom.